The number of carbonyl (C=O) groups is 2. The van der Waals surface area contributed by atoms with Crippen LogP contribution in [0.1, 0.15) is 30.8 Å². The highest BCUT2D eigenvalue weighted by atomic mass is 32.1. The van der Waals surface area contributed by atoms with Crippen molar-refractivity contribution < 1.29 is 14.1 Å². The van der Waals surface area contributed by atoms with Gasteiger partial charge in [-0.2, -0.15) is 16.3 Å². The van der Waals surface area contributed by atoms with E-state index >= 15 is 0 Å². The molecule has 3 aromatic rings. The van der Waals surface area contributed by atoms with Gasteiger partial charge in [0.05, 0.1) is 5.92 Å². The van der Waals surface area contributed by atoms with Crippen LogP contribution in [0.15, 0.2) is 39.5 Å². The second-order valence-electron chi connectivity index (χ2n) is 7.36. The van der Waals surface area contributed by atoms with E-state index in [0.717, 1.165) is 24.1 Å². The maximum absolute atomic E-state index is 12.7. The lowest BCUT2D eigenvalue weighted by Crippen LogP contribution is -2.43. The minimum absolute atomic E-state index is 0.00327. The molecular weight excluding hydrogens is 402 g/mol. The second kappa shape index (κ2) is 9.17. The van der Waals surface area contributed by atoms with Crippen LogP contribution < -0.4 is 5.32 Å². The highest BCUT2D eigenvalue weighted by Crippen LogP contribution is 2.21. The van der Waals surface area contributed by atoms with Crippen molar-refractivity contribution in [1.29, 1.82) is 0 Å². The number of nitrogens with zero attached hydrogens (tertiary/aromatic N) is 4. The maximum Gasteiger partial charge on any atom is 0.230 e. The lowest BCUT2D eigenvalue weighted by Gasteiger charge is -2.32. The molecule has 0 aliphatic carbocycles. The predicted molar refractivity (Wildman–Crippen MR) is 113 cm³/mol. The van der Waals surface area contributed by atoms with Crippen molar-refractivity contribution in [1.82, 2.24) is 20.0 Å². The first-order valence-electron chi connectivity index (χ1n) is 9.96. The van der Waals surface area contributed by atoms with Gasteiger partial charge in [0.25, 0.3) is 0 Å². The van der Waals surface area contributed by atoms with E-state index in [1.807, 2.05) is 35.9 Å². The first-order valence-corrected chi connectivity index (χ1v) is 10.9. The number of aryl methyl sites for hydroxylation is 2. The largest absolute Gasteiger partial charge is 0.342 e. The molecule has 8 nitrogen and oxygen atoms in total. The molecule has 1 saturated heterocycles. The minimum Gasteiger partial charge on any atom is -0.342 e. The molecule has 0 radical (unpaired) electrons. The molecule has 4 rings (SSSR count). The van der Waals surface area contributed by atoms with Gasteiger partial charge in [-0.1, -0.05) is 11.2 Å². The number of aromatic nitrogens is 3. The van der Waals surface area contributed by atoms with Crippen LogP contribution in [0, 0.1) is 12.8 Å². The van der Waals surface area contributed by atoms with Gasteiger partial charge in [-0.05, 0) is 43.3 Å². The number of amides is 2. The number of thiophene rings is 1. The van der Waals surface area contributed by atoms with Gasteiger partial charge in [-0.25, -0.2) is 4.98 Å². The number of nitrogens with one attached hydrogen (secondary N) is 1. The van der Waals surface area contributed by atoms with Gasteiger partial charge in [0, 0.05) is 42.6 Å². The Morgan fingerprint density at radius 3 is 3.00 bits per heavy atom. The first-order chi connectivity index (χ1) is 14.6. The van der Waals surface area contributed by atoms with Gasteiger partial charge in [-0.15, -0.1) is 0 Å². The number of likely N-dealkylation sites (tertiary alicyclic amines) is 1. The molecule has 1 fully saturated rings. The predicted octanol–water partition coefficient (Wildman–Crippen LogP) is 3.31. The Morgan fingerprint density at radius 2 is 2.20 bits per heavy atom. The third-order valence-electron chi connectivity index (χ3n) is 5.08. The first kappa shape index (κ1) is 20.2. The molecule has 9 heteroatoms. The van der Waals surface area contributed by atoms with Crippen molar-refractivity contribution in [3.05, 3.63) is 46.6 Å². The lowest BCUT2D eigenvalue weighted by atomic mass is 9.96. The SMILES string of the molecule is Cc1cccc(NC(=O)C2CCCN(C(=O)CCc3nc(-c4ccsc4)no3)C2)n1. The quantitative estimate of drug-likeness (QED) is 0.650. The molecule has 2 amide bonds. The van der Waals surface area contributed by atoms with Gasteiger partial charge in [0.2, 0.25) is 23.5 Å². The van der Waals surface area contributed by atoms with Crippen molar-refractivity contribution >= 4 is 29.0 Å². The number of pyridine rings is 1. The Labute approximate surface area is 178 Å². The van der Waals surface area contributed by atoms with Gasteiger partial charge < -0.3 is 14.7 Å². The van der Waals surface area contributed by atoms with E-state index in [9.17, 15) is 9.59 Å². The Hall–Kier alpha value is -3.07. The topological polar surface area (TPSA) is 101 Å². The molecular formula is C21H23N5O3S. The summed E-state index contributed by atoms with van der Waals surface area (Å²) in [5.41, 5.74) is 1.76. The molecule has 1 atom stereocenters. The monoisotopic (exact) mass is 425 g/mol. The van der Waals surface area contributed by atoms with Crippen LogP contribution in [-0.4, -0.2) is 44.9 Å². The van der Waals surface area contributed by atoms with E-state index in [-0.39, 0.29) is 24.2 Å². The molecule has 30 heavy (non-hydrogen) atoms. The highest BCUT2D eigenvalue weighted by molar-refractivity contribution is 7.08. The zero-order chi connectivity index (χ0) is 20.9. The summed E-state index contributed by atoms with van der Waals surface area (Å²) in [7, 11) is 0. The number of hydrogen-bond acceptors (Lipinski definition) is 7. The molecule has 1 aliphatic rings. The van der Waals surface area contributed by atoms with Gasteiger partial charge in [-0.3, -0.25) is 9.59 Å². The summed E-state index contributed by atoms with van der Waals surface area (Å²) in [5, 5.41) is 10.7. The van der Waals surface area contributed by atoms with Crippen molar-refractivity contribution in [2.45, 2.75) is 32.6 Å². The third-order valence-corrected chi connectivity index (χ3v) is 5.77. The molecule has 0 aromatic carbocycles. The maximum atomic E-state index is 12.7. The normalized spacial score (nSPS) is 16.4. The molecule has 156 valence electrons. The number of hydrogen-bond donors (Lipinski definition) is 1. The fraction of sp³-hybridized carbons (Fsp3) is 0.381. The van der Waals surface area contributed by atoms with E-state index in [1.165, 1.54) is 0 Å². The van der Waals surface area contributed by atoms with Crippen LogP contribution in [0.5, 0.6) is 0 Å². The molecule has 4 heterocycles. The average molecular weight is 426 g/mol. The Kier molecular flexibility index (Phi) is 6.18. The van der Waals surface area contributed by atoms with Crippen LogP contribution in [0.25, 0.3) is 11.4 Å². The standard InChI is InChI=1S/C21H23N5O3S/c1-14-4-2-6-17(22-14)23-21(28)15-5-3-10-26(12-15)19(27)8-7-18-24-20(25-29-18)16-9-11-30-13-16/h2,4,6,9,11,13,15H,3,5,7-8,10,12H2,1H3,(H,22,23,28). The molecule has 0 bridgehead atoms. The van der Waals surface area contributed by atoms with Crippen LogP contribution in [-0.2, 0) is 16.0 Å². The van der Waals surface area contributed by atoms with E-state index in [4.69, 9.17) is 4.52 Å². The summed E-state index contributed by atoms with van der Waals surface area (Å²) < 4.78 is 5.26. The molecule has 1 aliphatic heterocycles. The lowest BCUT2D eigenvalue weighted by molar-refractivity contribution is -0.134. The van der Waals surface area contributed by atoms with E-state index in [2.05, 4.69) is 20.4 Å². The summed E-state index contributed by atoms with van der Waals surface area (Å²) in [5.74, 6) is 1.19. The summed E-state index contributed by atoms with van der Waals surface area (Å²) in [6.45, 7) is 2.96. The summed E-state index contributed by atoms with van der Waals surface area (Å²) in [6, 6.07) is 7.43. The zero-order valence-corrected chi connectivity index (χ0v) is 17.5. The summed E-state index contributed by atoms with van der Waals surface area (Å²) in [6.07, 6.45) is 2.22. The van der Waals surface area contributed by atoms with Crippen molar-refractivity contribution in [2.24, 2.45) is 5.92 Å². The smallest absolute Gasteiger partial charge is 0.230 e. The highest BCUT2D eigenvalue weighted by Gasteiger charge is 2.28. The number of anilines is 1. The van der Waals surface area contributed by atoms with Gasteiger partial charge in [0.1, 0.15) is 5.82 Å². The summed E-state index contributed by atoms with van der Waals surface area (Å²) in [4.78, 5) is 35.7. The van der Waals surface area contributed by atoms with Gasteiger partial charge in [0.15, 0.2) is 0 Å². The molecule has 1 unspecified atom stereocenters. The number of carbonyl (C=O) groups excluding carboxylic acids is 2. The molecule has 0 saturated carbocycles. The van der Waals surface area contributed by atoms with Crippen LogP contribution in [0.4, 0.5) is 5.82 Å². The van der Waals surface area contributed by atoms with Crippen molar-refractivity contribution in [3.8, 4) is 11.4 Å². The Bertz CT molecular complexity index is 1020. The van der Waals surface area contributed by atoms with Crippen molar-refractivity contribution in [2.75, 3.05) is 18.4 Å². The Balaban J connectivity index is 1.29. The average Bonchev–Trinajstić information content (AvgIpc) is 3.44. The molecule has 1 N–H and O–H groups in total. The van der Waals surface area contributed by atoms with Gasteiger partial charge >= 0.3 is 0 Å². The Morgan fingerprint density at radius 1 is 1.30 bits per heavy atom. The number of rotatable bonds is 6. The fourth-order valence-corrected chi connectivity index (χ4v) is 4.13. The molecule has 3 aromatic heterocycles. The van der Waals surface area contributed by atoms with Crippen LogP contribution >= 0.6 is 11.3 Å². The van der Waals surface area contributed by atoms with Crippen molar-refractivity contribution in [3.63, 3.8) is 0 Å². The summed E-state index contributed by atoms with van der Waals surface area (Å²) >= 11 is 1.57. The van der Waals surface area contributed by atoms with Crippen LogP contribution in [0.3, 0.4) is 0 Å². The van der Waals surface area contributed by atoms with E-state index in [1.54, 1.807) is 22.3 Å². The molecule has 0 spiro atoms. The zero-order valence-electron chi connectivity index (χ0n) is 16.7. The fourth-order valence-electron chi connectivity index (χ4n) is 3.50. The second-order valence-corrected chi connectivity index (χ2v) is 8.14. The third kappa shape index (κ3) is 4.91. The van der Waals surface area contributed by atoms with E-state index < -0.39 is 0 Å². The van der Waals surface area contributed by atoms with E-state index in [0.29, 0.717) is 37.0 Å². The minimum atomic E-state index is -0.237. The van der Waals surface area contributed by atoms with Crippen LogP contribution in [0.2, 0.25) is 0 Å². The number of piperidine rings is 1.